The molecule has 1 atom stereocenters. The fraction of sp³-hybridized carbons (Fsp3) is 0.455. The van der Waals surface area contributed by atoms with Crippen molar-refractivity contribution < 1.29 is 10.2 Å². The first kappa shape index (κ1) is 19.2. The van der Waals surface area contributed by atoms with Crippen molar-refractivity contribution in [2.24, 2.45) is 11.7 Å². The van der Waals surface area contributed by atoms with Crippen molar-refractivity contribution in [1.29, 1.82) is 0 Å². The first-order chi connectivity index (χ1) is 12.1. The van der Waals surface area contributed by atoms with Crippen LogP contribution in [0.3, 0.4) is 0 Å². The molecule has 4 N–H and O–H groups in total. The fourth-order valence-corrected chi connectivity index (χ4v) is 3.28. The molecule has 136 valence electrons. The average molecular weight is 341 g/mol. The highest BCUT2D eigenvalue weighted by molar-refractivity contribution is 5.65. The summed E-state index contributed by atoms with van der Waals surface area (Å²) >= 11 is 0. The van der Waals surface area contributed by atoms with Crippen LogP contribution in [0, 0.1) is 5.92 Å². The van der Waals surface area contributed by atoms with Gasteiger partial charge >= 0.3 is 0 Å². The van der Waals surface area contributed by atoms with Gasteiger partial charge in [0, 0.05) is 11.5 Å². The van der Waals surface area contributed by atoms with E-state index in [9.17, 15) is 10.2 Å². The number of aliphatic hydroxyl groups is 1. The van der Waals surface area contributed by atoms with E-state index in [2.05, 4.69) is 6.92 Å². The number of unbranched alkanes of at least 4 members (excludes halogenated alkanes) is 6. The number of para-hydroxylation sites is 1. The molecule has 0 heterocycles. The van der Waals surface area contributed by atoms with E-state index in [1.165, 1.54) is 38.5 Å². The fourth-order valence-electron chi connectivity index (χ4n) is 3.28. The molecule has 0 spiro atoms. The van der Waals surface area contributed by atoms with Crippen LogP contribution >= 0.6 is 0 Å². The number of nitrogens with two attached hydrogens (primary N) is 1. The summed E-state index contributed by atoms with van der Waals surface area (Å²) in [7, 11) is 0. The first-order valence-electron chi connectivity index (χ1n) is 9.50. The molecular weight excluding hydrogens is 310 g/mol. The van der Waals surface area contributed by atoms with E-state index in [1.807, 2.05) is 24.3 Å². The minimum atomic E-state index is 0.109. The molecular formula is C22H31NO2. The van der Waals surface area contributed by atoms with Crippen molar-refractivity contribution in [1.82, 2.24) is 0 Å². The lowest BCUT2D eigenvalue weighted by Crippen LogP contribution is -2.16. The first-order valence-corrected chi connectivity index (χ1v) is 9.50. The van der Waals surface area contributed by atoms with Crippen LogP contribution in [0.4, 0.5) is 0 Å². The van der Waals surface area contributed by atoms with Crippen LogP contribution < -0.4 is 5.73 Å². The Labute approximate surface area is 151 Å². The number of rotatable bonds is 9. The summed E-state index contributed by atoms with van der Waals surface area (Å²) in [6, 6.07) is 7.20. The second-order valence-corrected chi connectivity index (χ2v) is 6.83. The lowest BCUT2D eigenvalue weighted by molar-refractivity contribution is 0.418. The molecule has 0 radical (unpaired) electrons. The molecule has 0 aliphatic heterocycles. The highest BCUT2D eigenvalue weighted by Gasteiger charge is 2.20. The Bertz CT molecular complexity index is 643. The van der Waals surface area contributed by atoms with Crippen LogP contribution in [-0.4, -0.2) is 10.2 Å². The van der Waals surface area contributed by atoms with Gasteiger partial charge in [-0.25, -0.2) is 0 Å². The van der Waals surface area contributed by atoms with Crippen molar-refractivity contribution in [3.8, 4) is 5.75 Å². The van der Waals surface area contributed by atoms with E-state index in [0.717, 1.165) is 24.0 Å². The minimum absolute atomic E-state index is 0.109. The van der Waals surface area contributed by atoms with Gasteiger partial charge in [-0.3, -0.25) is 0 Å². The van der Waals surface area contributed by atoms with E-state index in [-0.39, 0.29) is 17.4 Å². The zero-order valence-electron chi connectivity index (χ0n) is 15.2. The molecule has 0 saturated heterocycles. The topological polar surface area (TPSA) is 66.5 Å². The summed E-state index contributed by atoms with van der Waals surface area (Å²) in [6.07, 6.45) is 15.6. The van der Waals surface area contributed by atoms with Gasteiger partial charge < -0.3 is 15.9 Å². The maximum Gasteiger partial charge on any atom is 0.138 e. The molecule has 1 aromatic carbocycles. The molecule has 0 amide bonds. The summed E-state index contributed by atoms with van der Waals surface area (Å²) < 4.78 is 0. The minimum Gasteiger partial charge on any atom is -0.507 e. The lowest BCUT2D eigenvalue weighted by Gasteiger charge is -2.22. The number of benzene rings is 1. The van der Waals surface area contributed by atoms with Gasteiger partial charge in [0.05, 0.1) is 5.70 Å². The van der Waals surface area contributed by atoms with Crippen molar-refractivity contribution in [3.05, 3.63) is 59.0 Å². The van der Waals surface area contributed by atoms with Crippen LogP contribution in [0.15, 0.2) is 53.4 Å². The summed E-state index contributed by atoms with van der Waals surface area (Å²) in [4.78, 5) is 0. The summed E-state index contributed by atoms with van der Waals surface area (Å²) in [5.74, 6) is 0.523. The van der Waals surface area contributed by atoms with E-state index >= 15 is 0 Å². The standard InChI is InChI=1S/C22H31NO2/c1-2-3-4-5-6-7-8-11-17-14-15-21(25)22(23)19(17)16-18-12-9-10-13-20(18)24/h9-10,12-17,24-25H,2-8,11,23H2,1H3. The second kappa shape index (κ2) is 9.97. The summed E-state index contributed by atoms with van der Waals surface area (Å²) in [5.41, 5.74) is 8.17. The number of phenolic OH excluding ortho intramolecular Hbond substituents is 1. The Kier molecular flexibility index (Phi) is 7.65. The second-order valence-electron chi connectivity index (χ2n) is 6.83. The number of phenols is 1. The average Bonchev–Trinajstić information content (AvgIpc) is 2.61. The molecule has 2 rings (SSSR count). The van der Waals surface area contributed by atoms with Gasteiger partial charge in [0.2, 0.25) is 0 Å². The molecule has 3 heteroatoms. The molecule has 0 aromatic heterocycles. The molecule has 1 unspecified atom stereocenters. The van der Waals surface area contributed by atoms with Crippen molar-refractivity contribution in [2.45, 2.75) is 58.3 Å². The van der Waals surface area contributed by atoms with Crippen LogP contribution in [0.1, 0.15) is 63.9 Å². The van der Waals surface area contributed by atoms with E-state index in [0.29, 0.717) is 5.70 Å². The lowest BCUT2D eigenvalue weighted by atomic mass is 9.85. The van der Waals surface area contributed by atoms with Gasteiger partial charge in [-0.2, -0.15) is 0 Å². The summed E-state index contributed by atoms with van der Waals surface area (Å²) in [6.45, 7) is 2.24. The largest absolute Gasteiger partial charge is 0.507 e. The van der Waals surface area contributed by atoms with Crippen molar-refractivity contribution in [2.75, 3.05) is 0 Å². The smallest absolute Gasteiger partial charge is 0.138 e. The Balaban J connectivity index is 1.99. The third kappa shape index (κ3) is 5.70. The maximum atomic E-state index is 10.0. The molecule has 25 heavy (non-hydrogen) atoms. The van der Waals surface area contributed by atoms with E-state index in [4.69, 9.17) is 5.73 Å². The number of aliphatic hydroxyl groups excluding tert-OH is 1. The maximum absolute atomic E-state index is 10.0. The predicted octanol–water partition coefficient (Wildman–Crippen LogP) is 5.83. The van der Waals surface area contributed by atoms with Gasteiger partial charge in [-0.15, -0.1) is 0 Å². The SMILES string of the molecule is CCCCCCCCCC1C=CC(O)=C(N)C1=Cc1ccccc1O. The Morgan fingerprint density at radius 1 is 1.00 bits per heavy atom. The van der Waals surface area contributed by atoms with Gasteiger partial charge in [0.25, 0.3) is 0 Å². The quantitative estimate of drug-likeness (QED) is 0.495. The van der Waals surface area contributed by atoms with Crippen LogP contribution in [0.5, 0.6) is 5.75 Å². The number of hydrogen-bond acceptors (Lipinski definition) is 3. The Hall–Kier alpha value is -2.16. The number of hydrogen-bond donors (Lipinski definition) is 3. The van der Waals surface area contributed by atoms with Gasteiger partial charge in [-0.1, -0.05) is 76.1 Å². The van der Waals surface area contributed by atoms with E-state index < -0.39 is 0 Å². The molecule has 1 aliphatic carbocycles. The van der Waals surface area contributed by atoms with Crippen molar-refractivity contribution >= 4 is 6.08 Å². The van der Waals surface area contributed by atoms with Gasteiger partial charge in [-0.05, 0) is 30.2 Å². The van der Waals surface area contributed by atoms with Gasteiger partial charge in [0.15, 0.2) is 0 Å². The van der Waals surface area contributed by atoms with Crippen LogP contribution in [0.25, 0.3) is 6.08 Å². The molecule has 1 aliphatic rings. The molecule has 3 nitrogen and oxygen atoms in total. The van der Waals surface area contributed by atoms with Crippen LogP contribution in [-0.2, 0) is 0 Å². The number of aromatic hydroxyl groups is 1. The predicted molar refractivity (Wildman–Crippen MR) is 105 cm³/mol. The number of allylic oxidation sites excluding steroid dienone is 3. The molecule has 1 aromatic rings. The third-order valence-electron chi connectivity index (χ3n) is 4.84. The summed E-state index contributed by atoms with van der Waals surface area (Å²) in [5, 5.41) is 20.0. The highest BCUT2D eigenvalue weighted by Crippen LogP contribution is 2.33. The molecule has 0 saturated carbocycles. The molecule has 0 bridgehead atoms. The zero-order valence-corrected chi connectivity index (χ0v) is 15.2. The highest BCUT2D eigenvalue weighted by atomic mass is 16.3. The van der Waals surface area contributed by atoms with Gasteiger partial charge in [0.1, 0.15) is 11.5 Å². The third-order valence-corrected chi connectivity index (χ3v) is 4.84. The van der Waals surface area contributed by atoms with Crippen molar-refractivity contribution in [3.63, 3.8) is 0 Å². The van der Waals surface area contributed by atoms with Crippen LogP contribution in [0.2, 0.25) is 0 Å². The normalized spacial score (nSPS) is 18.9. The molecule has 0 fully saturated rings. The van der Waals surface area contributed by atoms with E-state index in [1.54, 1.807) is 18.2 Å². The Morgan fingerprint density at radius 3 is 2.40 bits per heavy atom. The monoisotopic (exact) mass is 341 g/mol. The zero-order chi connectivity index (χ0) is 18.1. The Morgan fingerprint density at radius 2 is 1.68 bits per heavy atom.